The van der Waals surface area contributed by atoms with Crippen LogP contribution in [-0.2, 0) is 28.6 Å². The zero-order chi connectivity index (χ0) is 58.5. The summed E-state index contributed by atoms with van der Waals surface area (Å²) in [4.78, 5) is 38.4. The molecule has 0 aromatic carbocycles. The van der Waals surface area contributed by atoms with Crippen LogP contribution in [0.2, 0.25) is 0 Å². The number of carbonyl (C=O) groups excluding carboxylic acids is 3. The van der Waals surface area contributed by atoms with Crippen molar-refractivity contribution in [1.29, 1.82) is 0 Å². The molecule has 0 bridgehead atoms. The Labute approximate surface area is 501 Å². The lowest BCUT2D eigenvalue weighted by molar-refractivity contribution is -0.167. The molecule has 0 amide bonds. The number of hydrogen-bond acceptors (Lipinski definition) is 6. The van der Waals surface area contributed by atoms with Gasteiger partial charge in [-0.15, -0.1) is 0 Å². The van der Waals surface area contributed by atoms with Gasteiger partial charge in [0.15, 0.2) is 6.10 Å². The lowest BCUT2D eigenvalue weighted by atomic mass is 10.0. The van der Waals surface area contributed by atoms with E-state index in [1.54, 1.807) is 0 Å². The maximum atomic E-state index is 12.9. The van der Waals surface area contributed by atoms with Crippen LogP contribution in [0.15, 0.2) is 109 Å². The van der Waals surface area contributed by atoms with Crippen LogP contribution in [0.25, 0.3) is 0 Å². The fraction of sp³-hybridized carbons (Fsp3) is 0.720. The largest absolute Gasteiger partial charge is 0.462 e. The summed E-state index contributed by atoms with van der Waals surface area (Å²) in [5.74, 6) is -0.968. The van der Waals surface area contributed by atoms with E-state index in [-0.39, 0.29) is 37.5 Å². The Kier molecular flexibility index (Phi) is 65.2. The topological polar surface area (TPSA) is 78.9 Å². The number of carbonyl (C=O) groups is 3. The van der Waals surface area contributed by atoms with Crippen molar-refractivity contribution in [1.82, 2.24) is 0 Å². The zero-order valence-electron chi connectivity index (χ0n) is 53.3. The minimum absolute atomic E-state index is 0.104. The average molecular weight is 1130 g/mol. The van der Waals surface area contributed by atoms with Gasteiger partial charge in [-0.3, -0.25) is 14.4 Å². The molecule has 0 fully saturated rings. The first kappa shape index (κ1) is 77.1. The van der Waals surface area contributed by atoms with Gasteiger partial charge in [0.2, 0.25) is 0 Å². The second kappa shape index (κ2) is 68.6. The van der Waals surface area contributed by atoms with E-state index in [2.05, 4.69) is 130 Å². The highest BCUT2D eigenvalue weighted by molar-refractivity contribution is 5.71. The first-order valence-electron chi connectivity index (χ1n) is 34.4. The Morgan fingerprint density at radius 1 is 0.259 bits per heavy atom. The van der Waals surface area contributed by atoms with Crippen LogP contribution >= 0.6 is 0 Å². The molecule has 464 valence electrons. The van der Waals surface area contributed by atoms with E-state index >= 15 is 0 Å². The van der Waals surface area contributed by atoms with Gasteiger partial charge < -0.3 is 14.2 Å². The first-order valence-corrected chi connectivity index (χ1v) is 34.4. The molecule has 0 spiro atoms. The maximum Gasteiger partial charge on any atom is 0.306 e. The Bertz CT molecular complexity index is 1620. The third-order valence-corrected chi connectivity index (χ3v) is 14.8. The number of rotatable bonds is 62. The van der Waals surface area contributed by atoms with Gasteiger partial charge in [0.25, 0.3) is 0 Å². The molecule has 0 aromatic rings. The number of ether oxygens (including phenoxy) is 3. The minimum atomic E-state index is -0.817. The molecular formula is C75H128O6. The standard InChI is InChI=1S/C75H128O6/c1-4-7-10-13-16-19-22-25-28-30-32-34-36-37-38-40-41-43-45-47-50-53-56-59-62-65-68-74(77)80-71-72(70-79-73(76)67-64-61-58-55-52-49-27-24-21-18-15-12-9-6-3)81-75(78)69-66-63-60-57-54-51-48-46-44-42-39-35-33-31-29-26-23-20-17-14-11-8-5-2/h8,11,15,17-18,20,24,26-27,29,33,35,42,44,48,51,57,60,72H,4-7,9-10,12-14,16,19,21-23,25,28,30-32,34,36-41,43,45-47,49-50,52-56,58-59,61-71H2,1-3H3/b11-8-,18-15-,20-17-,27-24-,29-26-,35-33-,44-42-,51-48-,60-57-. The number of hydrogen-bond donors (Lipinski definition) is 0. The quantitative estimate of drug-likeness (QED) is 0.0261. The van der Waals surface area contributed by atoms with E-state index in [9.17, 15) is 14.4 Å². The van der Waals surface area contributed by atoms with Gasteiger partial charge in [-0.2, -0.15) is 0 Å². The van der Waals surface area contributed by atoms with Crippen LogP contribution in [0.3, 0.4) is 0 Å². The molecule has 6 nitrogen and oxygen atoms in total. The van der Waals surface area contributed by atoms with Gasteiger partial charge in [0.05, 0.1) is 0 Å². The van der Waals surface area contributed by atoms with Crippen LogP contribution in [-0.4, -0.2) is 37.2 Å². The van der Waals surface area contributed by atoms with E-state index in [1.165, 1.54) is 167 Å². The van der Waals surface area contributed by atoms with E-state index in [1.807, 2.05) is 0 Å². The molecule has 6 heteroatoms. The molecule has 0 aromatic heterocycles. The third-order valence-electron chi connectivity index (χ3n) is 14.8. The predicted molar refractivity (Wildman–Crippen MR) is 353 cm³/mol. The zero-order valence-corrected chi connectivity index (χ0v) is 53.3. The van der Waals surface area contributed by atoms with Gasteiger partial charge in [-0.1, -0.05) is 323 Å². The number of esters is 3. The summed E-state index contributed by atoms with van der Waals surface area (Å²) in [6.07, 6.45) is 94.1. The highest BCUT2D eigenvalue weighted by Gasteiger charge is 2.19. The van der Waals surface area contributed by atoms with Crippen molar-refractivity contribution in [3.8, 4) is 0 Å². The molecule has 81 heavy (non-hydrogen) atoms. The van der Waals surface area contributed by atoms with Crippen molar-refractivity contribution < 1.29 is 28.6 Å². The van der Waals surface area contributed by atoms with E-state index in [0.29, 0.717) is 19.3 Å². The summed E-state index contributed by atoms with van der Waals surface area (Å²) >= 11 is 0. The molecule has 0 rings (SSSR count). The fourth-order valence-electron chi connectivity index (χ4n) is 9.63. The van der Waals surface area contributed by atoms with Crippen LogP contribution < -0.4 is 0 Å². The highest BCUT2D eigenvalue weighted by Crippen LogP contribution is 2.17. The maximum absolute atomic E-state index is 12.9. The minimum Gasteiger partial charge on any atom is -0.462 e. The van der Waals surface area contributed by atoms with Crippen LogP contribution in [0.4, 0.5) is 0 Å². The molecule has 0 aliphatic rings. The van der Waals surface area contributed by atoms with E-state index in [4.69, 9.17) is 14.2 Å². The molecule has 0 radical (unpaired) electrons. The smallest absolute Gasteiger partial charge is 0.306 e. The Morgan fingerprint density at radius 2 is 0.506 bits per heavy atom. The van der Waals surface area contributed by atoms with Gasteiger partial charge >= 0.3 is 17.9 Å². The molecule has 1 atom stereocenters. The molecule has 0 saturated carbocycles. The molecule has 0 aliphatic heterocycles. The van der Waals surface area contributed by atoms with Crippen molar-refractivity contribution in [2.45, 2.75) is 335 Å². The van der Waals surface area contributed by atoms with Gasteiger partial charge in [-0.25, -0.2) is 0 Å². The molecule has 0 heterocycles. The third kappa shape index (κ3) is 66.8. The average Bonchev–Trinajstić information content (AvgIpc) is 3.47. The second-order valence-corrected chi connectivity index (χ2v) is 22.7. The summed E-state index contributed by atoms with van der Waals surface area (Å²) in [5, 5.41) is 0. The summed E-state index contributed by atoms with van der Waals surface area (Å²) < 4.78 is 16.9. The molecule has 0 saturated heterocycles. The predicted octanol–water partition coefficient (Wildman–Crippen LogP) is 23.8. The Hall–Kier alpha value is -3.93. The van der Waals surface area contributed by atoms with Gasteiger partial charge in [0, 0.05) is 19.3 Å². The van der Waals surface area contributed by atoms with Gasteiger partial charge in [0.1, 0.15) is 13.2 Å². The van der Waals surface area contributed by atoms with Crippen molar-refractivity contribution in [2.24, 2.45) is 0 Å². The summed E-state index contributed by atoms with van der Waals surface area (Å²) in [7, 11) is 0. The molecule has 0 N–H and O–H groups in total. The van der Waals surface area contributed by atoms with Crippen molar-refractivity contribution in [3.63, 3.8) is 0 Å². The molecular weight excluding hydrogens is 997 g/mol. The summed E-state index contributed by atoms with van der Waals surface area (Å²) in [6.45, 7) is 6.46. The lowest BCUT2D eigenvalue weighted by Crippen LogP contribution is -2.30. The van der Waals surface area contributed by atoms with E-state index < -0.39 is 6.10 Å². The lowest BCUT2D eigenvalue weighted by Gasteiger charge is -2.18. The number of allylic oxidation sites excluding steroid dienone is 18. The van der Waals surface area contributed by atoms with Crippen molar-refractivity contribution >= 4 is 17.9 Å². The van der Waals surface area contributed by atoms with Crippen molar-refractivity contribution in [2.75, 3.05) is 13.2 Å². The highest BCUT2D eigenvalue weighted by atomic mass is 16.6. The van der Waals surface area contributed by atoms with E-state index in [0.717, 1.165) is 116 Å². The molecule has 1 unspecified atom stereocenters. The van der Waals surface area contributed by atoms with Crippen LogP contribution in [0.5, 0.6) is 0 Å². The molecule has 0 aliphatic carbocycles. The normalized spacial score (nSPS) is 12.8. The second-order valence-electron chi connectivity index (χ2n) is 22.7. The first-order chi connectivity index (χ1) is 40.0. The fourth-order valence-corrected chi connectivity index (χ4v) is 9.63. The summed E-state index contributed by atoms with van der Waals surface area (Å²) in [5.41, 5.74) is 0. The van der Waals surface area contributed by atoms with Crippen LogP contribution in [0.1, 0.15) is 329 Å². The Balaban J connectivity index is 4.38. The summed E-state index contributed by atoms with van der Waals surface area (Å²) in [6, 6.07) is 0. The SMILES string of the molecule is CC/C=C\C/C=C\C/C=C\C/C=C\C/C=C\C/C=C\C/C=C\CCCC(=O)OC(COC(=O)CCCCCCC/C=C\C/C=C\CCCC)COC(=O)CCCCCCCCCCCCCCCCCCCCCCCCCCCC. The van der Waals surface area contributed by atoms with Crippen molar-refractivity contribution in [3.05, 3.63) is 109 Å². The van der Waals surface area contributed by atoms with Gasteiger partial charge in [-0.05, 0) is 96.3 Å². The number of unbranched alkanes of at least 4 members (excludes halogenated alkanes) is 33. The monoisotopic (exact) mass is 1120 g/mol. The van der Waals surface area contributed by atoms with Crippen LogP contribution in [0, 0.1) is 0 Å². The Morgan fingerprint density at radius 3 is 0.827 bits per heavy atom.